The minimum Gasteiger partial charge on any atom is -0.312 e. The number of nitrogens with one attached hydrogen (secondary N) is 1. The molecule has 1 unspecified atom stereocenters. The zero-order valence-corrected chi connectivity index (χ0v) is 10.6. The van der Waals surface area contributed by atoms with Gasteiger partial charge in [0.15, 0.2) is 0 Å². The molecule has 1 aromatic carbocycles. The van der Waals surface area contributed by atoms with Crippen LogP contribution in [0.3, 0.4) is 0 Å². The van der Waals surface area contributed by atoms with Crippen LogP contribution in [0.1, 0.15) is 32.3 Å². The van der Waals surface area contributed by atoms with Crippen molar-refractivity contribution in [2.45, 2.75) is 33.2 Å². The van der Waals surface area contributed by atoms with Crippen molar-refractivity contribution in [3.05, 3.63) is 34.6 Å². The van der Waals surface area contributed by atoms with E-state index in [4.69, 9.17) is 11.6 Å². The van der Waals surface area contributed by atoms with Gasteiger partial charge in [-0.2, -0.15) is 0 Å². The minimum absolute atomic E-state index is 0.195. The highest BCUT2D eigenvalue weighted by molar-refractivity contribution is 6.30. The second-order valence-electron chi connectivity index (χ2n) is 4.27. The van der Waals surface area contributed by atoms with Crippen LogP contribution in [0.4, 0.5) is 4.39 Å². The van der Waals surface area contributed by atoms with Crippen molar-refractivity contribution in [1.29, 1.82) is 0 Å². The van der Waals surface area contributed by atoms with E-state index in [0.29, 0.717) is 5.92 Å². The maximum atomic E-state index is 12.9. The SMILES string of the molecule is CCCC(C)CNCc1ccc(F)c(Cl)c1. The molecule has 90 valence electrons. The van der Waals surface area contributed by atoms with Crippen LogP contribution in [0.5, 0.6) is 0 Å². The summed E-state index contributed by atoms with van der Waals surface area (Å²) in [6.45, 7) is 6.15. The standard InChI is InChI=1S/C13H19ClFN/c1-3-4-10(2)8-16-9-11-5-6-13(15)12(14)7-11/h5-7,10,16H,3-4,8-9H2,1-2H3. The molecule has 0 aliphatic rings. The molecule has 1 atom stereocenters. The van der Waals surface area contributed by atoms with Gasteiger partial charge in [0.25, 0.3) is 0 Å². The molecule has 0 radical (unpaired) electrons. The van der Waals surface area contributed by atoms with Gasteiger partial charge in [0.05, 0.1) is 5.02 Å². The summed E-state index contributed by atoms with van der Waals surface area (Å²) in [5, 5.41) is 3.55. The van der Waals surface area contributed by atoms with Crippen LogP contribution in [0, 0.1) is 11.7 Å². The second kappa shape index (κ2) is 6.87. The van der Waals surface area contributed by atoms with Crippen LogP contribution in [0.15, 0.2) is 18.2 Å². The Morgan fingerprint density at radius 3 is 2.81 bits per heavy atom. The van der Waals surface area contributed by atoms with Crippen molar-refractivity contribution in [3.63, 3.8) is 0 Å². The average Bonchev–Trinajstić information content (AvgIpc) is 2.24. The lowest BCUT2D eigenvalue weighted by atomic mass is 10.1. The Labute approximate surface area is 102 Å². The molecule has 0 amide bonds. The lowest BCUT2D eigenvalue weighted by molar-refractivity contribution is 0.475. The van der Waals surface area contributed by atoms with E-state index in [2.05, 4.69) is 19.2 Å². The van der Waals surface area contributed by atoms with E-state index >= 15 is 0 Å². The number of hydrogen-bond acceptors (Lipinski definition) is 1. The monoisotopic (exact) mass is 243 g/mol. The Hall–Kier alpha value is -0.600. The highest BCUT2D eigenvalue weighted by atomic mass is 35.5. The first-order valence-corrected chi connectivity index (χ1v) is 6.16. The van der Waals surface area contributed by atoms with Gasteiger partial charge in [0.1, 0.15) is 5.82 Å². The summed E-state index contributed by atoms with van der Waals surface area (Å²) in [6.07, 6.45) is 2.45. The zero-order valence-electron chi connectivity index (χ0n) is 9.89. The summed E-state index contributed by atoms with van der Waals surface area (Å²) < 4.78 is 12.9. The molecule has 0 saturated heterocycles. The van der Waals surface area contributed by atoms with E-state index < -0.39 is 0 Å². The van der Waals surface area contributed by atoms with Crippen LogP contribution in [0.2, 0.25) is 5.02 Å². The first kappa shape index (κ1) is 13.5. The molecule has 16 heavy (non-hydrogen) atoms. The minimum atomic E-state index is -0.357. The maximum Gasteiger partial charge on any atom is 0.141 e. The summed E-state index contributed by atoms with van der Waals surface area (Å²) in [4.78, 5) is 0. The van der Waals surface area contributed by atoms with Gasteiger partial charge in [-0.3, -0.25) is 0 Å². The van der Waals surface area contributed by atoms with Gasteiger partial charge in [0, 0.05) is 6.54 Å². The van der Waals surface area contributed by atoms with Crippen LogP contribution >= 0.6 is 11.6 Å². The van der Waals surface area contributed by atoms with Crippen molar-refractivity contribution in [3.8, 4) is 0 Å². The fourth-order valence-corrected chi connectivity index (χ4v) is 1.91. The van der Waals surface area contributed by atoms with E-state index in [0.717, 1.165) is 18.7 Å². The Balaban J connectivity index is 2.34. The smallest absolute Gasteiger partial charge is 0.141 e. The summed E-state index contributed by atoms with van der Waals surface area (Å²) in [7, 11) is 0. The molecule has 0 heterocycles. The predicted molar refractivity (Wildman–Crippen MR) is 67.2 cm³/mol. The van der Waals surface area contributed by atoms with Gasteiger partial charge in [-0.05, 0) is 36.6 Å². The number of halogens is 2. The van der Waals surface area contributed by atoms with Crippen molar-refractivity contribution in [1.82, 2.24) is 5.32 Å². The van der Waals surface area contributed by atoms with Gasteiger partial charge < -0.3 is 5.32 Å². The predicted octanol–water partition coefficient (Wildman–Crippen LogP) is 4.00. The van der Waals surface area contributed by atoms with E-state index in [1.807, 2.05) is 0 Å². The molecule has 0 spiro atoms. The topological polar surface area (TPSA) is 12.0 Å². The Morgan fingerprint density at radius 2 is 2.19 bits per heavy atom. The molecule has 3 heteroatoms. The molecule has 0 aliphatic heterocycles. The molecule has 0 fully saturated rings. The molecule has 1 nitrogen and oxygen atoms in total. The Morgan fingerprint density at radius 1 is 1.44 bits per heavy atom. The second-order valence-corrected chi connectivity index (χ2v) is 4.68. The van der Waals surface area contributed by atoms with Crippen molar-refractivity contribution in [2.24, 2.45) is 5.92 Å². The molecule has 0 bridgehead atoms. The van der Waals surface area contributed by atoms with Gasteiger partial charge in [-0.25, -0.2) is 4.39 Å². The normalized spacial score (nSPS) is 12.8. The number of hydrogen-bond donors (Lipinski definition) is 1. The highest BCUT2D eigenvalue weighted by Gasteiger charge is 2.02. The number of rotatable bonds is 6. The molecule has 1 N–H and O–H groups in total. The highest BCUT2D eigenvalue weighted by Crippen LogP contribution is 2.15. The van der Waals surface area contributed by atoms with Crippen LogP contribution in [0.25, 0.3) is 0 Å². The largest absolute Gasteiger partial charge is 0.312 e. The Bertz CT molecular complexity index is 328. The third-order valence-corrected chi connectivity index (χ3v) is 2.88. The fourth-order valence-electron chi connectivity index (χ4n) is 1.71. The third kappa shape index (κ3) is 4.50. The lowest BCUT2D eigenvalue weighted by Gasteiger charge is -2.11. The molecular weight excluding hydrogens is 225 g/mol. The molecule has 1 rings (SSSR count). The summed E-state index contributed by atoms with van der Waals surface area (Å²) in [6, 6.07) is 4.85. The van der Waals surface area contributed by atoms with E-state index in [-0.39, 0.29) is 10.8 Å². The van der Waals surface area contributed by atoms with E-state index in [1.54, 1.807) is 12.1 Å². The zero-order chi connectivity index (χ0) is 12.0. The van der Waals surface area contributed by atoms with E-state index in [9.17, 15) is 4.39 Å². The van der Waals surface area contributed by atoms with E-state index in [1.165, 1.54) is 18.9 Å². The third-order valence-electron chi connectivity index (χ3n) is 2.59. The first-order valence-electron chi connectivity index (χ1n) is 5.78. The molecular formula is C13H19ClFN. The van der Waals surface area contributed by atoms with Gasteiger partial charge in [-0.1, -0.05) is 37.9 Å². The number of benzene rings is 1. The van der Waals surface area contributed by atoms with Crippen molar-refractivity contribution in [2.75, 3.05) is 6.54 Å². The van der Waals surface area contributed by atoms with Gasteiger partial charge in [-0.15, -0.1) is 0 Å². The lowest BCUT2D eigenvalue weighted by Crippen LogP contribution is -2.20. The first-order chi connectivity index (χ1) is 7.63. The van der Waals surface area contributed by atoms with Crippen LogP contribution in [-0.2, 0) is 6.54 Å². The fraction of sp³-hybridized carbons (Fsp3) is 0.538. The Kier molecular flexibility index (Phi) is 5.78. The van der Waals surface area contributed by atoms with Gasteiger partial charge >= 0.3 is 0 Å². The molecule has 0 saturated carbocycles. The van der Waals surface area contributed by atoms with Crippen LogP contribution < -0.4 is 5.32 Å². The average molecular weight is 244 g/mol. The molecule has 0 aromatic heterocycles. The quantitative estimate of drug-likeness (QED) is 0.796. The summed E-state index contributed by atoms with van der Waals surface area (Å²) in [5.41, 5.74) is 1.02. The molecule has 1 aromatic rings. The maximum absolute atomic E-state index is 12.9. The molecule has 0 aliphatic carbocycles. The summed E-state index contributed by atoms with van der Waals surface area (Å²) >= 11 is 5.70. The van der Waals surface area contributed by atoms with Crippen LogP contribution in [-0.4, -0.2) is 6.54 Å². The summed E-state index contributed by atoms with van der Waals surface area (Å²) in [5.74, 6) is 0.325. The van der Waals surface area contributed by atoms with Gasteiger partial charge in [0.2, 0.25) is 0 Å². The van der Waals surface area contributed by atoms with Crippen molar-refractivity contribution >= 4 is 11.6 Å². The van der Waals surface area contributed by atoms with Crippen molar-refractivity contribution < 1.29 is 4.39 Å².